The van der Waals surface area contributed by atoms with Crippen LogP contribution in [0.3, 0.4) is 0 Å². The van der Waals surface area contributed by atoms with Crippen molar-refractivity contribution in [3.63, 3.8) is 0 Å². The molecular weight excluding hydrogens is 228 g/mol. The van der Waals surface area contributed by atoms with E-state index in [4.69, 9.17) is 15.3 Å². The van der Waals surface area contributed by atoms with E-state index in [1.54, 1.807) is 24.3 Å². The van der Waals surface area contributed by atoms with Crippen LogP contribution < -0.4 is 0 Å². The molecule has 0 aromatic heterocycles. The highest BCUT2D eigenvalue weighted by Crippen LogP contribution is 2.21. The molecule has 0 heterocycles. The lowest BCUT2D eigenvalue weighted by molar-refractivity contribution is 0.404. The van der Waals surface area contributed by atoms with Gasteiger partial charge in [-0.1, -0.05) is 38.1 Å². The van der Waals surface area contributed by atoms with Crippen LogP contribution in [0.2, 0.25) is 0 Å². The molecule has 0 fully saturated rings. The standard InChI is InChI=1S/C9H12O.C6H6O2/c1-7(2)8-3-5-9(10)6-4-8;7-5-3-1-2-4-6(5)8/h3-7,10H,1-2H3;1-4,7-8H. The summed E-state index contributed by atoms with van der Waals surface area (Å²) in [5, 5.41) is 26.3. The topological polar surface area (TPSA) is 60.7 Å². The van der Waals surface area contributed by atoms with Crippen molar-refractivity contribution in [3.05, 3.63) is 54.1 Å². The SMILES string of the molecule is CC(C)c1ccc(O)cc1.Oc1ccccc1O. The lowest BCUT2D eigenvalue weighted by Gasteiger charge is -2.03. The number of para-hydroxylation sites is 2. The van der Waals surface area contributed by atoms with Crippen LogP contribution in [-0.2, 0) is 0 Å². The fraction of sp³-hybridized carbons (Fsp3) is 0.200. The molecule has 0 radical (unpaired) electrons. The van der Waals surface area contributed by atoms with Gasteiger partial charge in [-0.05, 0) is 35.7 Å². The number of phenols is 3. The zero-order valence-electron chi connectivity index (χ0n) is 10.5. The van der Waals surface area contributed by atoms with Crippen LogP contribution in [0.4, 0.5) is 0 Å². The number of hydrogen-bond donors (Lipinski definition) is 3. The average molecular weight is 246 g/mol. The molecule has 2 rings (SSSR count). The minimum atomic E-state index is -0.0764. The molecule has 0 amide bonds. The van der Waals surface area contributed by atoms with Crippen LogP contribution in [0.25, 0.3) is 0 Å². The largest absolute Gasteiger partial charge is 0.508 e. The third kappa shape index (κ3) is 4.37. The summed E-state index contributed by atoms with van der Waals surface area (Å²) in [5.41, 5.74) is 1.26. The number of phenolic OH excluding ortho intramolecular Hbond substituents is 3. The zero-order chi connectivity index (χ0) is 13.5. The lowest BCUT2D eigenvalue weighted by atomic mass is 10.0. The molecule has 2 aromatic rings. The van der Waals surface area contributed by atoms with E-state index < -0.39 is 0 Å². The van der Waals surface area contributed by atoms with Crippen LogP contribution >= 0.6 is 0 Å². The maximum absolute atomic E-state index is 8.94. The Morgan fingerprint density at radius 3 is 1.50 bits per heavy atom. The Bertz CT molecular complexity index is 454. The number of hydrogen-bond acceptors (Lipinski definition) is 3. The van der Waals surface area contributed by atoms with E-state index in [0.29, 0.717) is 11.7 Å². The predicted molar refractivity (Wildman–Crippen MR) is 72.0 cm³/mol. The molecule has 2 aromatic carbocycles. The normalized spacial score (nSPS) is 9.72. The summed E-state index contributed by atoms with van der Waals surface area (Å²) in [6.07, 6.45) is 0. The molecule has 0 unspecified atom stereocenters. The summed E-state index contributed by atoms with van der Waals surface area (Å²) in [7, 11) is 0. The fourth-order valence-corrected chi connectivity index (χ4v) is 1.32. The van der Waals surface area contributed by atoms with Crippen molar-refractivity contribution in [2.45, 2.75) is 19.8 Å². The summed E-state index contributed by atoms with van der Waals surface area (Å²) >= 11 is 0. The minimum Gasteiger partial charge on any atom is -0.508 e. The first kappa shape index (κ1) is 13.9. The Hall–Kier alpha value is -2.16. The first-order chi connectivity index (χ1) is 8.50. The molecule has 0 spiro atoms. The van der Waals surface area contributed by atoms with Gasteiger partial charge in [-0.2, -0.15) is 0 Å². The Kier molecular flexibility index (Phi) is 5.06. The average Bonchev–Trinajstić information content (AvgIpc) is 2.34. The predicted octanol–water partition coefficient (Wildman–Crippen LogP) is 3.61. The van der Waals surface area contributed by atoms with Crippen molar-refractivity contribution in [1.29, 1.82) is 0 Å². The molecule has 0 aliphatic carbocycles. The van der Waals surface area contributed by atoms with Crippen molar-refractivity contribution >= 4 is 0 Å². The van der Waals surface area contributed by atoms with Gasteiger partial charge >= 0.3 is 0 Å². The highest BCUT2D eigenvalue weighted by molar-refractivity contribution is 5.36. The molecule has 0 aliphatic heterocycles. The minimum absolute atomic E-state index is 0.0764. The second kappa shape index (κ2) is 6.55. The van der Waals surface area contributed by atoms with Gasteiger partial charge in [0.15, 0.2) is 11.5 Å². The Morgan fingerprint density at radius 2 is 1.17 bits per heavy atom. The zero-order valence-corrected chi connectivity index (χ0v) is 10.5. The molecule has 0 aliphatic rings. The van der Waals surface area contributed by atoms with Crippen LogP contribution in [0.1, 0.15) is 25.3 Å². The van der Waals surface area contributed by atoms with E-state index in [9.17, 15) is 0 Å². The fourth-order valence-electron chi connectivity index (χ4n) is 1.32. The van der Waals surface area contributed by atoms with Crippen molar-refractivity contribution in [2.75, 3.05) is 0 Å². The summed E-state index contributed by atoms with van der Waals surface area (Å²) in [6, 6.07) is 13.5. The molecule has 0 saturated heterocycles. The van der Waals surface area contributed by atoms with Crippen molar-refractivity contribution in [2.24, 2.45) is 0 Å². The van der Waals surface area contributed by atoms with Crippen molar-refractivity contribution in [3.8, 4) is 17.2 Å². The van der Waals surface area contributed by atoms with E-state index in [2.05, 4.69) is 13.8 Å². The Labute approximate surface area is 107 Å². The van der Waals surface area contributed by atoms with Gasteiger partial charge in [0.2, 0.25) is 0 Å². The van der Waals surface area contributed by atoms with Crippen LogP contribution in [0.5, 0.6) is 17.2 Å². The molecular formula is C15H18O3. The first-order valence-corrected chi connectivity index (χ1v) is 5.76. The maximum atomic E-state index is 8.94. The summed E-state index contributed by atoms with van der Waals surface area (Å²) in [4.78, 5) is 0. The quantitative estimate of drug-likeness (QED) is 0.673. The molecule has 18 heavy (non-hydrogen) atoms. The molecule has 0 bridgehead atoms. The van der Waals surface area contributed by atoms with Gasteiger partial charge in [0.1, 0.15) is 5.75 Å². The van der Waals surface area contributed by atoms with Gasteiger partial charge in [-0.15, -0.1) is 0 Å². The molecule has 0 atom stereocenters. The van der Waals surface area contributed by atoms with Crippen molar-refractivity contribution in [1.82, 2.24) is 0 Å². The van der Waals surface area contributed by atoms with Gasteiger partial charge in [0, 0.05) is 0 Å². The summed E-state index contributed by atoms with van der Waals surface area (Å²) in [5.74, 6) is 0.727. The van der Waals surface area contributed by atoms with E-state index in [-0.39, 0.29) is 11.5 Å². The molecule has 3 N–H and O–H groups in total. The third-order valence-corrected chi connectivity index (χ3v) is 2.44. The molecule has 0 saturated carbocycles. The lowest BCUT2D eigenvalue weighted by Crippen LogP contribution is -1.84. The Morgan fingerprint density at radius 1 is 0.722 bits per heavy atom. The molecule has 3 nitrogen and oxygen atoms in total. The first-order valence-electron chi connectivity index (χ1n) is 5.76. The van der Waals surface area contributed by atoms with Crippen LogP contribution in [0, 0.1) is 0 Å². The number of benzene rings is 2. The van der Waals surface area contributed by atoms with Crippen LogP contribution in [0.15, 0.2) is 48.5 Å². The maximum Gasteiger partial charge on any atom is 0.157 e. The van der Waals surface area contributed by atoms with E-state index in [1.807, 2.05) is 12.1 Å². The molecule has 3 heteroatoms. The summed E-state index contributed by atoms with van der Waals surface area (Å²) in [6.45, 7) is 4.26. The van der Waals surface area contributed by atoms with Crippen molar-refractivity contribution < 1.29 is 15.3 Å². The van der Waals surface area contributed by atoms with Crippen LogP contribution in [-0.4, -0.2) is 15.3 Å². The monoisotopic (exact) mass is 246 g/mol. The molecule has 96 valence electrons. The summed E-state index contributed by atoms with van der Waals surface area (Å²) < 4.78 is 0. The second-order valence-corrected chi connectivity index (χ2v) is 4.23. The Balaban J connectivity index is 0.000000184. The highest BCUT2D eigenvalue weighted by atomic mass is 16.3. The van der Waals surface area contributed by atoms with E-state index in [0.717, 1.165) is 0 Å². The van der Waals surface area contributed by atoms with E-state index in [1.165, 1.54) is 17.7 Å². The van der Waals surface area contributed by atoms with E-state index >= 15 is 0 Å². The smallest absolute Gasteiger partial charge is 0.157 e. The van der Waals surface area contributed by atoms with Gasteiger partial charge < -0.3 is 15.3 Å². The van der Waals surface area contributed by atoms with Gasteiger partial charge in [-0.25, -0.2) is 0 Å². The highest BCUT2D eigenvalue weighted by Gasteiger charge is 1.96. The second-order valence-electron chi connectivity index (χ2n) is 4.23. The third-order valence-electron chi connectivity index (χ3n) is 2.44. The number of aromatic hydroxyl groups is 3. The van der Waals surface area contributed by atoms with Gasteiger partial charge in [0.05, 0.1) is 0 Å². The van der Waals surface area contributed by atoms with Gasteiger partial charge in [-0.3, -0.25) is 0 Å². The van der Waals surface area contributed by atoms with Gasteiger partial charge in [0.25, 0.3) is 0 Å². The number of rotatable bonds is 1.